The van der Waals surface area contributed by atoms with Crippen molar-refractivity contribution in [1.82, 2.24) is 0 Å². The second-order valence-electron chi connectivity index (χ2n) is 5.87. The van der Waals surface area contributed by atoms with Gasteiger partial charge in [-0.25, -0.2) is 8.42 Å². The molecule has 0 aromatic heterocycles. The molecule has 3 rings (SSSR count). The molecule has 0 unspecified atom stereocenters. The molecule has 3 nitrogen and oxygen atoms in total. The summed E-state index contributed by atoms with van der Waals surface area (Å²) in [5.74, 6) is 1.36. The summed E-state index contributed by atoms with van der Waals surface area (Å²) in [7, 11) is -3.29. The second kappa shape index (κ2) is 6.97. The molecule has 2 aromatic rings. The van der Waals surface area contributed by atoms with Crippen LogP contribution in [0.5, 0.6) is 11.5 Å². The topological polar surface area (TPSA) is 43.4 Å². The molecule has 1 aliphatic rings. The molecule has 2 atom stereocenters. The fourth-order valence-corrected chi connectivity index (χ4v) is 5.36. The van der Waals surface area contributed by atoms with Gasteiger partial charge in [0.2, 0.25) is 0 Å². The van der Waals surface area contributed by atoms with E-state index in [-0.39, 0.29) is 10.5 Å². The van der Waals surface area contributed by atoms with Crippen LogP contribution in [0, 0.1) is 0 Å². The Bertz CT molecular complexity index is 740. The quantitative estimate of drug-likeness (QED) is 0.828. The molecule has 1 fully saturated rings. The van der Waals surface area contributed by atoms with Crippen molar-refractivity contribution in [3.63, 3.8) is 0 Å². The fraction of sp³-hybridized carbons (Fsp3) is 0.333. The Hall–Kier alpha value is -1.46. The SMILES string of the molecule is O=S(=O)(c1ccc(Oc2ccccc2)cc1)[C@H]1CCC[C@H](S)C1. The molecule has 1 saturated carbocycles. The predicted octanol–water partition coefficient (Wildman–Crippen LogP) is 4.49. The zero-order valence-corrected chi connectivity index (χ0v) is 14.5. The molecule has 122 valence electrons. The van der Waals surface area contributed by atoms with E-state index in [1.807, 2.05) is 30.3 Å². The highest BCUT2D eigenvalue weighted by Gasteiger charge is 2.31. The maximum atomic E-state index is 12.7. The number of ether oxygens (including phenoxy) is 1. The van der Waals surface area contributed by atoms with Gasteiger partial charge in [0.05, 0.1) is 10.1 Å². The Balaban J connectivity index is 1.76. The Morgan fingerprint density at radius 1 is 0.913 bits per heavy atom. The molecule has 0 aliphatic heterocycles. The largest absolute Gasteiger partial charge is 0.457 e. The van der Waals surface area contributed by atoms with Gasteiger partial charge in [-0.2, -0.15) is 12.6 Å². The van der Waals surface area contributed by atoms with Gasteiger partial charge in [0.25, 0.3) is 0 Å². The summed E-state index contributed by atoms with van der Waals surface area (Å²) in [5.41, 5.74) is 0. The van der Waals surface area contributed by atoms with Crippen LogP contribution in [0.2, 0.25) is 0 Å². The Labute approximate surface area is 143 Å². The van der Waals surface area contributed by atoms with Crippen LogP contribution in [0.1, 0.15) is 25.7 Å². The van der Waals surface area contributed by atoms with Crippen molar-refractivity contribution in [3.05, 3.63) is 54.6 Å². The van der Waals surface area contributed by atoms with Gasteiger partial charge in [-0.1, -0.05) is 24.6 Å². The van der Waals surface area contributed by atoms with E-state index >= 15 is 0 Å². The first-order chi connectivity index (χ1) is 11.1. The van der Waals surface area contributed by atoms with Crippen molar-refractivity contribution in [2.45, 2.75) is 41.1 Å². The van der Waals surface area contributed by atoms with Crippen molar-refractivity contribution in [2.24, 2.45) is 0 Å². The normalized spacial score (nSPS) is 21.8. The van der Waals surface area contributed by atoms with Crippen LogP contribution in [0.25, 0.3) is 0 Å². The zero-order chi connectivity index (χ0) is 16.3. The maximum absolute atomic E-state index is 12.7. The summed E-state index contributed by atoms with van der Waals surface area (Å²) in [6, 6.07) is 16.1. The molecule has 23 heavy (non-hydrogen) atoms. The van der Waals surface area contributed by atoms with Crippen molar-refractivity contribution < 1.29 is 13.2 Å². The highest BCUT2D eigenvalue weighted by Crippen LogP contribution is 2.32. The molecule has 0 radical (unpaired) electrons. The summed E-state index contributed by atoms with van der Waals surface area (Å²) in [6.07, 6.45) is 3.28. The summed E-state index contributed by atoms with van der Waals surface area (Å²) in [6.45, 7) is 0. The van der Waals surface area contributed by atoms with Gasteiger partial charge in [0.15, 0.2) is 9.84 Å². The first-order valence-corrected chi connectivity index (χ1v) is 9.87. The molecular weight excluding hydrogens is 328 g/mol. The minimum atomic E-state index is -3.29. The van der Waals surface area contributed by atoms with Gasteiger partial charge < -0.3 is 4.74 Å². The lowest BCUT2D eigenvalue weighted by Crippen LogP contribution is -2.28. The van der Waals surface area contributed by atoms with E-state index in [0.29, 0.717) is 17.1 Å². The number of sulfone groups is 1. The van der Waals surface area contributed by atoms with Gasteiger partial charge in [0, 0.05) is 5.25 Å². The van der Waals surface area contributed by atoms with Crippen LogP contribution in [0.3, 0.4) is 0 Å². The fourth-order valence-electron chi connectivity index (χ4n) is 2.92. The van der Waals surface area contributed by atoms with E-state index in [1.165, 1.54) is 0 Å². The lowest BCUT2D eigenvalue weighted by molar-refractivity contribution is 0.481. The van der Waals surface area contributed by atoms with E-state index < -0.39 is 9.84 Å². The third-order valence-corrected chi connectivity index (χ3v) is 6.87. The molecule has 0 amide bonds. The van der Waals surface area contributed by atoms with Crippen LogP contribution >= 0.6 is 12.6 Å². The van der Waals surface area contributed by atoms with E-state index in [2.05, 4.69) is 12.6 Å². The average molecular weight is 348 g/mol. The summed E-state index contributed by atoms with van der Waals surface area (Å²) in [4.78, 5) is 0.366. The molecule has 0 saturated heterocycles. The van der Waals surface area contributed by atoms with E-state index in [9.17, 15) is 8.42 Å². The minimum absolute atomic E-state index is 0.184. The number of para-hydroxylation sites is 1. The molecule has 5 heteroatoms. The molecule has 1 aliphatic carbocycles. The summed E-state index contributed by atoms with van der Waals surface area (Å²) in [5, 5.41) is -0.135. The molecule has 0 heterocycles. The van der Waals surface area contributed by atoms with Gasteiger partial charge in [-0.3, -0.25) is 0 Å². The second-order valence-corrected chi connectivity index (χ2v) is 8.83. The number of benzene rings is 2. The van der Waals surface area contributed by atoms with Gasteiger partial charge in [0.1, 0.15) is 11.5 Å². The Morgan fingerprint density at radius 2 is 1.57 bits per heavy atom. The molecular formula is C18H20O3S2. The minimum Gasteiger partial charge on any atom is -0.457 e. The Morgan fingerprint density at radius 3 is 2.22 bits per heavy atom. The lowest BCUT2D eigenvalue weighted by atomic mass is 10.00. The van der Waals surface area contributed by atoms with Crippen molar-refractivity contribution in [3.8, 4) is 11.5 Å². The van der Waals surface area contributed by atoms with E-state index in [0.717, 1.165) is 25.0 Å². The number of hydrogen-bond donors (Lipinski definition) is 1. The highest BCUT2D eigenvalue weighted by atomic mass is 32.2. The molecule has 0 bridgehead atoms. The zero-order valence-electron chi connectivity index (χ0n) is 12.8. The maximum Gasteiger partial charge on any atom is 0.181 e. The number of hydrogen-bond acceptors (Lipinski definition) is 4. The smallest absolute Gasteiger partial charge is 0.181 e. The van der Waals surface area contributed by atoms with E-state index in [1.54, 1.807) is 24.3 Å². The van der Waals surface area contributed by atoms with Crippen LogP contribution in [0.4, 0.5) is 0 Å². The van der Waals surface area contributed by atoms with Crippen molar-refractivity contribution in [1.29, 1.82) is 0 Å². The predicted molar refractivity (Wildman–Crippen MR) is 95.2 cm³/mol. The number of rotatable bonds is 4. The highest BCUT2D eigenvalue weighted by molar-refractivity contribution is 7.92. The van der Waals surface area contributed by atoms with Crippen molar-refractivity contribution >= 4 is 22.5 Å². The molecule has 2 aromatic carbocycles. The van der Waals surface area contributed by atoms with Crippen molar-refractivity contribution in [2.75, 3.05) is 0 Å². The molecule has 0 spiro atoms. The third-order valence-electron chi connectivity index (χ3n) is 4.17. The van der Waals surface area contributed by atoms with Crippen LogP contribution in [-0.2, 0) is 9.84 Å². The molecule has 0 N–H and O–H groups in total. The Kier molecular flexibility index (Phi) is 4.97. The average Bonchev–Trinajstić information content (AvgIpc) is 2.56. The first kappa shape index (κ1) is 16.4. The third kappa shape index (κ3) is 3.90. The van der Waals surface area contributed by atoms with Crippen LogP contribution < -0.4 is 4.74 Å². The van der Waals surface area contributed by atoms with Crippen LogP contribution in [0.15, 0.2) is 59.5 Å². The van der Waals surface area contributed by atoms with Gasteiger partial charge >= 0.3 is 0 Å². The summed E-state index contributed by atoms with van der Waals surface area (Å²) >= 11 is 4.45. The van der Waals surface area contributed by atoms with E-state index in [4.69, 9.17) is 4.74 Å². The van der Waals surface area contributed by atoms with Gasteiger partial charge in [-0.15, -0.1) is 0 Å². The standard InChI is InChI=1S/C18H20O3S2/c19-23(20,18-8-4-7-16(22)13-18)17-11-9-15(10-12-17)21-14-5-2-1-3-6-14/h1-3,5-6,9-12,16,18,22H,4,7-8,13H2/t16-,18-/m0/s1. The first-order valence-electron chi connectivity index (χ1n) is 7.80. The van der Waals surface area contributed by atoms with Crippen LogP contribution in [-0.4, -0.2) is 18.9 Å². The lowest BCUT2D eigenvalue weighted by Gasteiger charge is -2.26. The number of thiol groups is 1. The monoisotopic (exact) mass is 348 g/mol. The van der Waals surface area contributed by atoms with Gasteiger partial charge in [-0.05, 0) is 55.7 Å². The summed E-state index contributed by atoms with van der Waals surface area (Å²) < 4.78 is 31.2.